The highest BCUT2D eigenvalue weighted by Gasteiger charge is 2.23. The van der Waals surface area contributed by atoms with Gasteiger partial charge in [-0.1, -0.05) is 22.9 Å². The molecule has 0 bridgehead atoms. The fourth-order valence-corrected chi connectivity index (χ4v) is 2.69. The van der Waals surface area contributed by atoms with Crippen LogP contribution < -0.4 is 5.73 Å². The lowest BCUT2D eigenvalue weighted by Crippen LogP contribution is -2.27. The van der Waals surface area contributed by atoms with Crippen molar-refractivity contribution >= 4 is 45.2 Å². The normalized spacial score (nSPS) is 11.8. The number of hydrogen-bond donors (Lipinski definition) is 1. The predicted octanol–water partition coefficient (Wildman–Crippen LogP) is 1.59. The van der Waals surface area contributed by atoms with E-state index in [1.807, 2.05) is 0 Å². The molecule has 0 fully saturated rings. The van der Waals surface area contributed by atoms with Crippen molar-refractivity contribution in [3.8, 4) is 0 Å². The quantitative estimate of drug-likeness (QED) is 0.867. The maximum atomic E-state index is 11.8. The molecule has 20 heavy (non-hydrogen) atoms. The number of fused-ring (bicyclic) bond motifs is 1. The fraction of sp³-hybridized carbons (Fsp3) is 0.455. The number of thiazole rings is 1. The molecule has 2 heterocycles. The van der Waals surface area contributed by atoms with Crippen LogP contribution in [0, 0.1) is 0 Å². The van der Waals surface area contributed by atoms with E-state index < -0.39 is 17.5 Å². The van der Waals surface area contributed by atoms with Gasteiger partial charge in [0, 0.05) is 0 Å². The van der Waals surface area contributed by atoms with E-state index in [9.17, 15) is 9.59 Å². The molecule has 0 saturated carbocycles. The molecule has 2 N–H and O–H groups in total. The Kier molecular flexibility index (Phi) is 3.70. The Morgan fingerprint density at radius 1 is 1.45 bits per heavy atom. The van der Waals surface area contributed by atoms with Gasteiger partial charge < -0.3 is 10.5 Å². The van der Waals surface area contributed by atoms with Gasteiger partial charge in [-0.05, 0) is 20.8 Å². The van der Waals surface area contributed by atoms with Crippen molar-refractivity contribution in [2.75, 3.05) is 0 Å². The molecule has 0 radical (unpaired) electrons. The third kappa shape index (κ3) is 3.07. The molecule has 2 aromatic heterocycles. The van der Waals surface area contributed by atoms with Crippen molar-refractivity contribution in [3.63, 3.8) is 0 Å². The number of nitrogens with two attached hydrogens (primary N) is 1. The number of nitrogens with zero attached hydrogens (tertiary/aromatic N) is 3. The van der Waals surface area contributed by atoms with Crippen molar-refractivity contribution in [1.29, 1.82) is 0 Å². The molecule has 108 valence electrons. The Morgan fingerprint density at radius 3 is 2.65 bits per heavy atom. The number of halogens is 1. The summed E-state index contributed by atoms with van der Waals surface area (Å²) in [6.07, 6.45) is 0. The van der Waals surface area contributed by atoms with Crippen LogP contribution in [0.1, 0.15) is 31.3 Å². The van der Waals surface area contributed by atoms with Crippen molar-refractivity contribution in [3.05, 3.63) is 10.2 Å². The number of hydrogen-bond acceptors (Lipinski definition) is 6. The summed E-state index contributed by atoms with van der Waals surface area (Å²) in [5.74, 6) is -1.18. The second kappa shape index (κ2) is 5.02. The van der Waals surface area contributed by atoms with E-state index in [1.165, 1.54) is 4.68 Å². The third-order valence-electron chi connectivity index (χ3n) is 2.20. The van der Waals surface area contributed by atoms with Gasteiger partial charge in [-0.3, -0.25) is 9.59 Å². The number of esters is 1. The second-order valence-electron chi connectivity index (χ2n) is 5.08. The molecule has 0 atom stereocenters. The van der Waals surface area contributed by atoms with Crippen molar-refractivity contribution in [1.82, 2.24) is 14.8 Å². The number of amides is 1. The lowest BCUT2D eigenvalue weighted by atomic mass is 10.2. The molecule has 0 aliphatic heterocycles. The maximum Gasteiger partial charge on any atom is 0.328 e. The maximum absolute atomic E-state index is 11.8. The van der Waals surface area contributed by atoms with Gasteiger partial charge in [-0.25, -0.2) is 9.67 Å². The van der Waals surface area contributed by atoms with Gasteiger partial charge in [0.2, 0.25) is 0 Å². The minimum Gasteiger partial charge on any atom is -0.459 e. The van der Waals surface area contributed by atoms with Gasteiger partial charge in [-0.2, -0.15) is 5.10 Å². The molecule has 0 saturated heterocycles. The molecule has 0 aliphatic rings. The van der Waals surface area contributed by atoms with E-state index in [4.69, 9.17) is 22.1 Å². The molecule has 0 unspecified atom stereocenters. The van der Waals surface area contributed by atoms with Gasteiger partial charge >= 0.3 is 5.97 Å². The van der Waals surface area contributed by atoms with Crippen LogP contribution in [0.25, 0.3) is 10.3 Å². The van der Waals surface area contributed by atoms with E-state index in [0.717, 1.165) is 11.3 Å². The number of carbonyl (C=O) groups is 2. The van der Waals surface area contributed by atoms with Crippen LogP contribution in [-0.2, 0) is 16.1 Å². The number of ether oxygens (including phenoxy) is 1. The molecule has 0 aliphatic carbocycles. The van der Waals surface area contributed by atoms with Crippen molar-refractivity contribution in [2.24, 2.45) is 5.73 Å². The zero-order chi connectivity index (χ0) is 15.1. The smallest absolute Gasteiger partial charge is 0.328 e. The minimum absolute atomic E-state index is 0.0490. The SMILES string of the molecule is CC(C)(C)OC(=O)Cn1nc(C(N)=O)c2sc(Cl)nc21. The number of rotatable bonds is 3. The van der Waals surface area contributed by atoms with E-state index in [-0.39, 0.29) is 16.7 Å². The van der Waals surface area contributed by atoms with Crippen LogP contribution in [0.15, 0.2) is 0 Å². The highest BCUT2D eigenvalue weighted by molar-refractivity contribution is 7.22. The van der Waals surface area contributed by atoms with Gasteiger partial charge in [0.25, 0.3) is 5.91 Å². The molecule has 2 aromatic rings. The summed E-state index contributed by atoms with van der Waals surface area (Å²) in [5.41, 5.74) is 5.03. The molecule has 0 spiro atoms. The molecule has 0 aromatic carbocycles. The van der Waals surface area contributed by atoms with Crippen LogP contribution in [0.3, 0.4) is 0 Å². The molecular weight excluding hydrogens is 304 g/mol. The Bertz CT molecular complexity index is 686. The van der Waals surface area contributed by atoms with Gasteiger partial charge in [0.1, 0.15) is 16.8 Å². The molecular formula is C11H13ClN4O3S. The van der Waals surface area contributed by atoms with Crippen molar-refractivity contribution < 1.29 is 14.3 Å². The van der Waals surface area contributed by atoms with Crippen LogP contribution in [0.2, 0.25) is 4.47 Å². The van der Waals surface area contributed by atoms with E-state index in [1.54, 1.807) is 20.8 Å². The van der Waals surface area contributed by atoms with Crippen LogP contribution in [0.5, 0.6) is 0 Å². The zero-order valence-corrected chi connectivity index (χ0v) is 12.7. The van der Waals surface area contributed by atoms with E-state index >= 15 is 0 Å². The minimum atomic E-state index is -0.696. The van der Waals surface area contributed by atoms with Gasteiger partial charge in [0.05, 0.1) is 0 Å². The van der Waals surface area contributed by atoms with E-state index in [0.29, 0.717) is 10.3 Å². The first kappa shape index (κ1) is 14.7. The predicted molar refractivity (Wildman–Crippen MR) is 74.8 cm³/mol. The fourth-order valence-electron chi connectivity index (χ4n) is 1.60. The van der Waals surface area contributed by atoms with Crippen molar-refractivity contribution in [2.45, 2.75) is 32.9 Å². The average molecular weight is 317 g/mol. The van der Waals surface area contributed by atoms with Crippen LogP contribution >= 0.6 is 22.9 Å². The topological polar surface area (TPSA) is 100 Å². The Morgan fingerprint density at radius 2 is 2.10 bits per heavy atom. The van der Waals surface area contributed by atoms with E-state index in [2.05, 4.69) is 10.1 Å². The summed E-state index contributed by atoms with van der Waals surface area (Å²) < 4.78 is 7.18. The number of aromatic nitrogens is 3. The third-order valence-corrected chi connectivity index (χ3v) is 3.35. The first-order valence-corrected chi connectivity index (χ1v) is 6.91. The second-order valence-corrected chi connectivity index (χ2v) is 6.66. The molecule has 7 nitrogen and oxygen atoms in total. The van der Waals surface area contributed by atoms with Gasteiger partial charge in [0.15, 0.2) is 15.8 Å². The average Bonchev–Trinajstić information content (AvgIpc) is 2.74. The number of carbonyl (C=O) groups excluding carboxylic acids is 2. The summed E-state index contributed by atoms with van der Waals surface area (Å²) in [5, 5.41) is 3.99. The lowest BCUT2D eigenvalue weighted by molar-refractivity contribution is -0.155. The van der Waals surface area contributed by atoms with Gasteiger partial charge in [-0.15, -0.1) is 0 Å². The first-order valence-electron chi connectivity index (χ1n) is 5.72. The lowest BCUT2D eigenvalue weighted by Gasteiger charge is -2.19. The summed E-state index contributed by atoms with van der Waals surface area (Å²) in [6, 6.07) is 0. The first-order chi connectivity index (χ1) is 9.17. The van der Waals surface area contributed by atoms with Crippen LogP contribution in [-0.4, -0.2) is 32.2 Å². The highest BCUT2D eigenvalue weighted by Crippen LogP contribution is 2.28. The van der Waals surface area contributed by atoms with Crippen LogP contribution in [0.4, 0.5) is 0 Å². The summed E-state index contributed by atoms with van der Waals surface area (Å²) in [7, 11) is 0. The Balaban J connectivity index is 2.35. The summed E-state index contributed by atoms with van der Waals surface area (Å²) in [6.45, 7) is 5.12. The zero-order valence-electron chi connectivity index (χ0n) is 11.1. The summed E-state index contributed by atoms with van der Waals surface area (Å²) >= 11 is 6.90. The Labute approximate surface area is 123 Å². The highest BCUT2D eigenvalue weighted by atomic mass is 35.5. The number of primary amides is 1. The standard InChI is InChI=1S/C11H13ClN4O3S/c1-11(2,3)19-5(17)4-16-9-7(20-10(12)14-9)6(15-16)8(13)18/h4H2,1-3H3,(H2,13,18). The molecule has 1 amide bonds. The monoisotopic (exact) mass is 316 g/mol. The Hall–Kier alpha value is -1.67. The molecule has 2 rings (SSSR count). The molecule has 9 heteroatoms. The summed E-state index contributed by atoms with van der Waals surface area (Å²) in [4.78, 5) is 27.2. The largest absolute Gasteiger partial charge is 0.459 e.